The number of imide groups is 1. The van der Waals surface area contributed by atoms with Crippen molar-refractivity contribution in [3.05, 3.63) is 70.2 Å². The number of amides is 3. The summed E-state index contributed by atoms with van der Waals surface area (Å²) < 4.78 is 12.0. The van der Waals surface area contributed by atoms with Crippen LogP contribution in [0.4, 0.5) is 4.79 Å². The average Bonchev–Trinajstić information content (AvgIpc) is 2.97. The Balaban J connectivity index is 1.50. The first-order valence-corrected chi connectivity index (χ1v) is 10.5. The molecule has 2 aliphatic rings. The molecule has 0 saturated carbocycles. The van der Waals surface area contributed by atoms with Crippen LogP contribution in [0.1, 0.15) is 18.1 Å². The number of halogens is 1. The molecule has 2 aliphatic heterocycles. The molecule has 0 bridgehead atoms. The van der Waals surface area contributed by atoms with E-state index in [0.717, 1.165) is 26.4 Å². The first-order chi connectivity index (χ1) is 14.5. The molecule has 30 heavy (non-hydrogen) atoms. The molecular weight excluding hydrogens is 448 g/mol. The molecule has 1 fully saturated rings. The topological polar surface area (TPSA) is 67.9 Å². The summed E-state index contributed by atoms with van der Waals surface area (Å²) in [5, 5.41) is 4.87. The number of fused-ring (bicyclic) bond motifs is 2. The van der Waals surface area contributed by atoms with Crippen LogP contribution in [0.5, 0.6) is 11.5 Å². The maximum Gasteiger partial charge on any atom is 0.325 e. The van der Waals surface area contributed by atoms with Gasteiger partial charge in [0, 0.05) is 4.47 Å². The van der Waals surface area contributed by atoms with Gasteiger partial charge in [-0.05, 0) is 41.0 Å². The zero-order valence-electron chi connectivity index (χ0n) is 16.3. The fraction of sp³-hybridized carbons (Fsp3) is 0.217. The van der Waals surface area contributed by atoms with Gasteiger partial charge in [-0.1, -0.05) is 58.4 Å². The maximum absolute atomic E-state index is 13.5. The minimum Gasteiger partial charge on any atom is -0.486 e. The van der Waals surface area contributed by atoms with Gasteiger partial charge in [0.25, 0.3) is 5.91 Å². The number of ether oxygens (including phenoxy) is 2. The summed E-state index contributed by atoms with van der Waals surface area (Å²) in [4.78, 5) is 27.5. The summed E-state index contributed by atoms with van der Waals surface area (Å²) in [7, 11) is 0. The van der Waals surface area contributed by atoms with Gasteiger partial charge in [0.1, 0.15) is 18.8 Å². The third-order valence-corrected chi connectivity index (χ3v) is 6.38. The van der Waals surface area contributed by atoms with Crippen molar-refractivity contribution in [3.8, 4) is 11.5 Å². The van der Waals surface area contributed by atoms with Crippen LogP contribution in [-0.2, 0) is 16.9 Å². The molecule has 6 nitrogen and oxygen atoms in total. The van der Waals surface area contributed by atoms with Gasteiger partial charge >= 0.3 is 6.03 Å². The van der Waals surface area contributed by atoms with Crippen molar-refractivity contribution in [1.82, 2.24) is 10.2 Å². The molecule has 0 spiro atoms. The molecule has 7 heteroatoms. The van der Waals surface area contributed by atoms with Gasteiger partial charge < -0.3 is 14.8 Å². The minimum atomic E-state index is -1.14. The molecule has 0 aliphatic carbocycles. The molecule has 3 aromatic rings. The fourth-order valence-corrected chi connectivity index (χ4v) is 4.53. The van der Waals surface area contributed by atoms with E-state index in [-0.39, 0.29) is 12.5 Å². The molecule has 0 unspecified atom stereocenters. The number of benzene rings is 3. The van der Waals surface area contributed by atoms with Crippen LogP contribution in [0, 0.1) is 0 Å². The van der Waals surface area contributed by atoms with Crippen molar-refractivity contribution >= 4 is 38.6 Å². The fourth-order valence-electron chi connectivity index (χ4n) is 4.08. The third-order valence-electron chi connectivity index (χ3n) is 5.64. The number of rotatable bonds is 3. The Morgan fingerprint density at radius 3 is 2.53 bits per heavy atom. The van der Waals surface area contributed by atoms with E-state index in [0.29, 0.717) is 24.7 Å². The minimum absolute atomic E-state index is 0.127. The second kappa shape index (κ2) is 7.02. The molecule has 0 radical (unpaired) electrons. The summed E-state index contributed by atoms with van der Waals surface area (Å²) >= 11 is 3.52. The quantitative estimate of drug-likeness (QED) is 0.582. The van der Waals surface area contributed by atoms with E-state index < -0.39 is 11.6 Å². The number of urea groups is 1. The lowest BCUT2D eigenvalue weighted by atomic mass is 9.88. The van der Waals surface area contributed by atoms with Gasteiger partial charge in [0.05, 0.1) is 6.54 Å². The van der Waals surface area contributed by atoms with Crippen molar-refractivity contribution in [2.45, 2.75) is 19.0 Å². The summed E-state index contributed by atoms with van der Waals surface area (Å²) in [5.74, 6) is 0.976. The molecule has 2 heterocycles. The van der Waals surface area contributed by atoms with Crippen LogP contribution < -0.4 is 14.8 Å². The highest BCUT2D eigenvalue weighted by molar-refractivity contribution is 9.10. The van der Waals surface area contributed by atoms with E-state index in [9.17, 15) is 9.59 Å². The zero-order chi connectivity index (χ0) is 20.9. The Morgan fingerprint density at radius 1 is 1.03 bits per heavy atom. The van der Waals surface area contributed by atoms with Gasteiger partial charge in [0.2, 0.25) is 0 Å². The highest BCUT2D eigenvalue weighted by Gasteiger charge is 2.49. The van der Waals surface area contributed by atoms with Gasteiger partial charge in [-0.15, -0.1) is 0 Å². The summed E-state index contributed by atoms with van der Waals surface area (Å²) in [5.41, 5.74) is 0.408. The first-order valence-electron chi connectivity index (χ1n) is 9.68. The van der Waals surface area contributed by atoms with Crippen LogP contribution >= 0.6 is 15.9 Å². The number of hydrogen-bond acceptors (Lipinski definition) is 4. The number of nitrogens with zero attached hydrogens (tertiary/aromatic N) is 1. The summed E-state index contributed by atoms with van der Waals surface area (Å²) in [6.45, 7) is 2.85. The summed E-state index contributed by atoms with van der Waals surface area (Å²) in [6.07, 6.45) is 0. The largest absolute Gasteiger partial charge is 0.486 e. The monoisotopic (exact) mass is 466 g/mol. The molecule has 1 atom stereocenters. The van der Waals surface area contributed by atoms with Crippen LogP contribution in [0.15, 0.2) is 59.1 Å². The average molecular weight is 467 g/mol. The van der Waals surface area contributed by atoms with Crippen LogP contribution in [0.25, 0.3) is 10.8 Å². The lowest BCUT2D eigenvalue weighted by Crippen LogP contribution is -2.41. The van der Waals surface area contributed by atoms with E-state index in [2.05, 4.69) is 21.2 Å². The van der Waals surface area contributed by atoms with E-state index in [1.165, 1.54) is 4.90 Å². The number of carbonyl (C=O) groups is 2. The SMILES string of the molecule is C[C@]1(c2cccc3ccccc23)NC(=O)N(Cc2cc3c(cc2Br)OCCO3)C1=O. The Kier molecular flexibility index (Phi) is 4.43. The van der Waals surface area contributed by atoms with Crippen LogP contribution in [0.2, 0.25) is 0 Å². The predicted molar refractivity (Wildman–Crippen MR) is 116 cm³/mol. The van der Waals surface area contributed by atoms with Crippen molar-refractivity contribution in [3.63, 3.8) is 0 Å². The summed E-state index contributed by atoms with van der Waals surface area (Å²) in [6, 6.07) is 16.8. The highest BCUT2D eigenvalue weighted by atomic mass is 79.9. The number of carbonyl (C=O) groups excluding carboxylic acids is 2. The van der Waals surface area contributed by atoms with Crippen molar-refractivity contribution in [2.24, 2.45) is 0 Å². The molecular formula is C23H19BrN2O4. The lowest BCUT2D eigenvalue weighted by Gasteiger charge is -2.24. The highest BCUT2D eigenvalue weighted by Crippen LogP contribution is 2.38. The van der Waals surface area contributed by atoms with E-state index >= 15 is 0 Å². The van der Waals surface area contributed by atoms with E-state index in [4.69, 9.17) is 9.47 Å². The lowest BCUT2D eigenvalue weighted by molar-refractivity contribution is -0.131. The number of hydrogen-bond donors (Lipinski definition) is 1. The normalized spacial score (nSPS) is 20.5. The standard InChI is InChI=1S/C23H19BrN2O4/c1-23(17-8-4-6-14-5-2-3-7-16(14)17)21(27)26(22(28)25-23)13-15-11-19-20(12-18(15)24)30-10-9-29-19/h2-8,11-12H,9-10,13H2,1H3,(H,25,28)/t23-/m1/s1. The molecule has 3 aromatic carbocycles. The second-order valence-corrected chi connectivity index (χ2v) is 8.41. The second-order valence-electron chi connectivity index (χ2n) is 7.56. The molecule has 3 amide bonds. The molecule has 1 N–H and O–H groups in total. The smallest absolute Gasteiger partial charge is 0.325 e. The van der Waals surface area contributed by atoms with Gasteiger partial charge in [-0.3, -0.25) is 9.69 Å². The van der Waals surface area contributed by atoms with E-state index in [1.807, 2.05) is 54.6 Å². The van der Waals surface area contributed by atoms with E-state index in [1.54, 1.807) is 6.92 Å². The van der Waals surface area contributed by atoms with Crippen LogP contribution in [-0.4, -0.2) is 30.1 Å². The first kappa shape index (κ1) is 18.9. The molecule has 0 aromatic heterocycles. The van der Waals surface area contributed by atoms with Gasteiger partial charge in [-0.25, -0.2) is 4.79 Å². The van der Waals surface area contributed by atoms with Crippen molar-refractivity contribution in [2.75, 3.05) is 13.2 Å². The van der Waals surface area contributed by atoms with Crippen LogP contribution in [0.3, 0.4) is 0 Å². The van der Waals surface area contributed by atoms with Crippen molar-refractivity contribution in [1.29, 1.82) is 0 Å². The Bertz CT molecular complexity index is 1190. The van der Waals surface area contributed by atoms with Crippen molar-refractivity contribution < 1.29 is 19.1 Å². The third kappa shape index (κ3) is 2.92. The number of nitrogens with one attached hydrogen (secondary N) is 1. The molecule has 152 valence electrons. The Labute approximate surface area is 181 Å². The predicted octanol–water partition coefficient (Wildman–Crippen LogP) is 4.34. The Hall–Kier alpha value is -3.06. The van der Waals surface area contributed by atoms with Gasteiger partial charge in [0.15, 0.2) is 11.5 Å². The maximum atomic E-state index is 13.5. The van der Waals surface area contributed by atoms with Gasteiger partial charge in [-0.2, -0.15) is 0 Å². The Morgan fingerprint density at radius 2 is 1.73 bits per heavy atom. The zero-order valence-corrected chi connectivity index (χ0v) is 17.9. The molecule has 5 rings (SSSR count). The molecule has 1 saturated heterocycles.